The second-order valence-electron chi connectivity index (χ2n) is 4.00. The van der Waals surface area contributed by atoms with Gasteiger partial charge in [-0.2, -0.15) is 0 Å². The third kappa shape index (κ3) is 1.34. The number of methoxy groups -OCH3 is 1. The number of rotatable bonds is 1. The number of pyridine rings is 1. The molecule has 0 spiro atoms. The molecular weight excluding hydrogens is 218 g/mol. The molecule has 0 bridgehead atoms. The zero-order valence-electron chi connectivity index (χ0n) is 9.56. The Kier molecular flexibility index (Phi) is 2.12. The minimum absolute atomic E-state index is 0.0929. The fourth-order valence-corrected chi connectivity index (χ4v) is 2.22. The molecule has 4 nitrogen and oxygen atoms in total. The van der Waals surface area contributed by atoms with Crippen molar-refractivity contribution in [2.45, 2.75) is 13.0 Å². The summed E-state index contributed by atoms with van der Waals surface area (Å²) < 4.78 is 10.9. The number of aryl methyl sites for hydroxylation is 1. The van der Waals surface area contributed by atoms with Crippen molar-refractivity contribution in [1.29, 1.82) is 0 Å². The molecule has 2 aromatic rings. The van der Waals surface area contributed by atoms with E-state index in [1.54, 1.807) is 18.3 Å². The number of ether oxygens (including phenoxy) is 1. The van der Waals surface area contributed by atoms with E-state index in [-0.39, 0.29) is 5.78 Å². The van der Waals surface area contributed by atoms with Gasteiger partial charge in [0.2, 0.25) is 0 Å². The first-order chi connectivity index (χ1) is 8.22. The molecule has 0 saturated heterocycles. The Morgan fingerprint density at radius 2 is 2.24 bits per heavy atom. The fraction of sp³-hybridized carbons (Fsp3) is 0.231. The molecule has 0 aromatic carbocycles. The molecule has 86 valence electrons. The molecule has 2 aromatic heterocycles. The molecule has 0 fully saturated rings. The van der Waals surface area contributed by atoms with Crippen LogP contribution in [0.1, 0.15) is 23.1 Å². The molecule has 0 aliphatic heterocycles. The highest BCUT2D eigenvalue weighted by atomic mass is 16.5. The summed E-state index contributed by atoms with van der Waals surface area (Å²) in [6.07, 6.45) is 4.35. The van der Waals surface area contributed by atoms with Gasteiger partial charge in [-0.05, 0) is 25.1 Å². The van der Waals surface area contributed by atoms with Crippen LogP contribution in [0.3, 0.4) is 0 Å². The highest BCUT2D eigenvalue weighted by molar-refractivity contribution is 6.04. The molecule has 0 saturated carbocycles. The SMILES string of the molecule is COC1C(=O)C=Cc2c1oc1ccnc(C)c21. The van der Waals surface area contributed by atoms with E-state index in [4.69, 9.17) is 9.15 Å². The topological polar surface area (TPSA) is 52.3 Å². The number of carbonyl (C=O) groups is 1. The van der Waals surface area contributed by atoms with Crippen LogP contribution in [0.4, 0.5) is 0 Å². The summed E-state index contributed by atoms with van der Waals surface area (Å²) in [5.74, 6) is 0.482. The molecular formula is C13H11NO3. The summed E-state index contributed by atoms with van der Waals surface area (Å²) >= 11 is 0. The van der Waals surface area contributed by atoms with Crippen molar-refractivity contribution in [3.05, 3.63) is 35.4 Å². The molecule has 0 N–H and O–H groups in total. The second-order valence-corrected chi connectivity index (χ2v) is 4.00. The Bertz CT molecular complexity index is 639. The van der Waals surface area contributed by atoms with Crippen molar-refractivity contribution in [3.63, 3.8) is 0 Å². The maximum absolute atomic E-state index is 11.7. The van der Waals surface area contributed by atoms with Gasteiger partial charge in [0.25, 0.3) is 0 Å². The van der Waals surface area contributed by atoms with Gasteiger partial charge in [-0.1, -0.05) is 0 Å². The van der Waals surface area contributed by atoms with Crippen LogP contribution in [0, 0.1) is 6.92 Å². The average molecular weight is 229 g/mol. The molecule has 1 aliphatic carbocycles. The van der Waals surface area contributed by atoms with E-state index < -0.39 is 6.10 Å². The van der Waals surface area contributed by atoms with E-state index >= 15 is 0 Å². The Labute approximate surface area is 97.9 Å². The lowest BCUT2D eigenvalue weighted by Gasteiger charge is -2.13. The van der Waals surface area contributed by atoms with E-state index in [1.807, 2.05) is 6.92 Å². The number of ketones is 1. The number of aromatic nitrogens is 1. The average Bonchev–Trinajstić information content (AvgIpc) is 2.68. The smallest absolute Gasteiger partial charge is 0.192 e. The quantitative estimate of drug-likeness (QED) is 0.753. The van der Waals surface area contributed by atoms with Crippen LogP contribution in [-0.2, 0) is 9.53 Å². The minimum atomic E-state index is -0.637. The van der Waals surface area contributed by atoms with Crippen LogP contribution in [0.25, 0.3) is 17.0 Å². The third-order valence-corrected chi connectivity index (χ3v) is 3.00. The van der Waals surface area contributed by atoms with Crippen LogP contribution in [0.2, 0.25) is 0 Å². The lowest BCUT2D eigenvalue weighted by molar-refractivity contribution is -0.125. The van der Waals surface area contributed by atoms with Gasteiger partial charge in [0.05, 0.1) is 0 Å². The Balaban J connectivity index is 2.36. The van der Waals surface area contributed by atoms with Crippen LogP contribution < -0.4 is 0 Å². The van der Waals surface area contributed by atoms with Crippen LogP contribution in [0.15, 0.2) is 22.8 Å². The van der Waals surface area contributed by atoms with Crippen LogP contribution in [-0.4, -0.2) is 17.9 Å². The van der Waals surface area contributed by atoms with Crippen LogP contribution >= 0.6 is 0 Å². The van der Waals surface area contributed by atoms with Gasteiger partial charge in [0.15, 0.2) is 11.9 Å². The van der Waals surface area contributed by atoms with E-state index in [0.29, 0.717) is 5.76 Å². The van der Waals surface area contributed by atoms with Gasteiger partial charge in [0, 0.05) is 30.0 Å². The summed E-state index contributed by atoms with van der Waals surface area (Å²) in [5.41, 5.74) is 2.53. The van der Waals surface area contributed by atoms with Gasteiger partial charge >= 0.3 is 0 Å². The molecule has 1 aliphatic rings. The Morgan fingerprint density at radius 1 is 1.41 bits per heavy atom. The van der Waals surface area contributed by atoms with Crippen molar-refractivity contribution < 1.29 is 13.9 Å². The fourth-order valence-electron chi connectivity index (χ4n) is 2.22. The highest BCUT2D eigenvalue weighted by Crippen LogP contribution is 2.36. The molecule has 3 rings (SSSR count). The molecule has 4 heteroatoms. The summed E-state index contributed by atoms with van der Waals surface area (Å²) in [6, 6.07) is 1.80. The molecule has 2 heterocycles. The van der Waals surface area contributed by atoms with E-state index in [0.717, 1.165) is 22.2 Å². The van der Waals surface area contributed by atoms with E-state index in [9.17, 15) is 4.79 Å². The lowest BCUT2D eigenvalue weighted by Crippen LogP contribution is -2.15. The predicted octanol–water partition coefficient (Wildman–Crippen LogP) is 2.42. The summed E-state index contributed by atoms with van der Waals surface area (Å²) in [7, 11) is 1.50. The van der Waals surface area contributed by atoms with Crippen molar-refractivity contribution in [3.8, 4) is 0 Å². The lowest BCUT2D eigenvalue weighted by atomic mass is 9.99. The van der Waals surface area contributed by atoms with Gasteiger partial charge in [-0.3, -0.25) is 9.78 Å². The summed E-state index contributed by atoms with van der Waals surface area (Å²) in [6.45, 7) is 1.92. The molecule has 0 radical (unpaired) electrons. The van der Waals surface area contributed by atoms with Crippen molar-refractivity contribution in [1.82, 2.24) is 4.98 Å². The maximum atomic E-state index is 11.7. The number of carbonyl (C=O) groups excluding carboxylic acids is 1. The molecule has 1 atom stereocenters. The first kappa shape index (κ1) is 10.2. The maximum Gasteiger partial charge on any atom is 0.192 e. The number of hydrogen-bond acceptors (Lipinski definition) is 4. The first-order valence-electron chi connectivity index (χ1n) is 5.35. The number of hydrogen-bond donors (Lipinski definition) is 0. The highest BCUT2D eigenvalue weighted by Gasteiger charge is 2.30. The number of nitrogens with zero attached hydrogens (tertiary/aromatic N) is 1. The largest absolute Gasteiger partial charge is 0.457 e. The van der Waals surface area contributed by atoms with Gasteiger partial charge < -0.3 is 9.15 Å². The minimum Gasteiger partial charge on any atom is -0.457 e. The van der Waals surface area contributed by atoms with Crippen molar-refractivity contribution in [2.75, 3.05) is 7.11 Å². The zero-order chi connectivity index (χ0) is 12.0. The molecule has 0 amide bonds. The van der Waals surface area contributed by atoms with Gasteiger partial charge in [0.1, 0.15) is 11.3 Å². The Hall–Kier alpha value is -1.94. The molecule has 17 heavy (non-hydrogen) atoms. The first-order valence-corrected chi connectivity index (χ1v) is 5.35. The van der Waals surface area contributed by atoms with Crippen molar-refractivity contribution in [2.24, 2.45) is 0 Å². The predicted molar refractivity (Wildman–Crippen MR) is 62.5 cm³/mol. The van der Waals surface area contributed by atoms with Gasteiger partial charge in [-0.25, -0.2) is 0 Å². The summed E-state index contributed by atoms with van der Waals surface area (Å²) in [4.78, 5) is 15.9. The number of furan rings is 1. The Morgan fingerprint density at radius 3 is 3.00 bits per heavy atom. The standard InChI is InChI=1S/C13H11NO3/c1-7-11-8-3-4-9(15)13(16-2)12(8)17-10(11)5-6-14-7/h3-6,13H,1-2H3. The van der Waals surface area contributed by atoms with Crippen molar-refractivity contribution >= 4 is 22.8 Å². The monoisotopic (exact) mass is 229 g/mol. The number of fused-ring (bicyclic) bond motifs is 3. The van der Waals surface area contributed by atoms with Crippen LogP contribution in [0.5, 0.6) is 0 Å². The molecule has 1 unspecified atom stereocenters. The zero-order valence-corrected chi connectivity index (χ0v) is 9.56. The van der Waals surface area contributed by atoms with E-state index in [1.165, 1.54) is 13.2 Å². The second kappa shape index (κ2) is 3.53. The van der Waals surface area contributed by atoms with Gasteiger partial charge in [-0.15, -0.1) is 0 Å². The normalized spacial score (nSPS) is 18.7. The third-order valence-electron chi connectivity index (χ3n) is 3.00. The summed E-state index contributed by atoms with van der Waals surface area (Å²) in [5, 5.41) is 0.952. The van der Waals surface area contributed by atoms with E-state index in [2.05, 4.69) is 4.98 Å².